The van der Waals surface area contributed by atoms with Crippen molar-refractivity contribution in [3.05, 3.63) is 77.8 Å². The third kappa shape index (κ3) is 6.14. The Hall–Kier alpha value is -3.26. The van der Waals surface area contributed by atoms with Gasteiger partial charge in [-0.3, -0.25) is 0 Å². The molecule has 0 unspecified atom stereocenters. The van der Waals surface area contributed by atoms with Crippen molar-refractivity contribution < 1.29 is 95.9 Å². The molecular formula is C26H13ClF18NO4S3+. The Balaban J connectivity index is 2.78. The van der Waals surface area contributed by atoms with Gasteiger partial charge in [0.15, 0.2) is 4.90 Å². The fourth-order valence-corrected chi connectivity index (χ4v) is 11.5. The predicted octanol–water partition coefficient (Wildman–Crippen LogP) is 10.1. The lowest BCUT2D eigenvalue weighted by molar-refractivity contribution is -0.382. The van der Waals surface area contributed by atoms with Crippen molar-refractivity contribution in [2.75, 3.05) is 0 Å². The summed E-state index contributed by atoms with van der Waals surface area (Å²) in [5.41, 5.74) is 0. The van der Waals surface area contributed by atoms with Crippen molar-refractivity contribution in [2.24, 2.45) is 0 Å². The van der Waals surface area contributed by atoms with Crippen molar-refractivity contribution >= 4 is 41.1 Å². The first-order valence-electron chi connectivity index (χ1n) is 12.9. The molecule has 53 heavy (non-hydrogen) atoms. The summed E-state index contributed by atoms with van der Waals surface area (Å²) in [6, 6.07) is 8.40. The SMILES string of the molecule is N=[S+](c1ccccc1)(c1ccccc1)c1ccc(Cl)c(S(=O)(=O)C(F)(F)C(F)(F)C(F)(F)C(F)(F)F)c1S(=O)(=O)C(F)(F)C(F)(F)C(F)(F)C(F)(F)F. The molecule has 3 rings (SSSR count). The lowest BCUT2D eigenvalue weighted by Crippen LogP contribution is -2.64. The predicted molar refractivity (Wildman–Crippen MR) is 145 cm³/mol. The van der Waals surface area contributed by atoms with Crippen LogP contribution in [0.2, 0.25) is 5.02 Å². The molecule has 0 aromatic heterocycles. The summed E-state index contributed by atoms with van der Waals surface area (Å²) in [5, 5.41) is -18.7. The van der Waals surface area contributed by atoms with Crippen LogP contribution in [0.15, 0.2) is 97.3 Å². The molecule has 0 heterocycles. The van der Waals surface area contributed by atoms with Gasteiger partial charge in [0.05, 0.1) is 14.8 Å². The van der Waals surface area contributed by atoms with Crippen LogP contribution < -0.4 is 0 Å². The van der Waals surface area contributed by atoms with Crippen LogP contribution in [0.4, 0.5) is 79.0 Å². The zero-order valence-corrected chi connectivity index (χ0v) is 27.7. The second-order valence-corrected chi connectivity index (χ2v) is 17.1. The summed E-state index contributed by atoms with van der Waals surface area (Å²) >= 11 is 5.38. The Morgan fingerprint density at radius 3 is 1.06 bits per heavy atom. The van der Waals surface area contributed by atoms with E-state index in [9.17, 15) is 83.1 Å². The molecule has 0 saturated carbocycles. The lowest BCUT2D eigenvalue weighted by atomic mass is 10.1. The summed E-state index contributed by atoms with van der Waals surface area (Å²) < 4.78 is 315. The third-order valence-corrected chi connectivity index (χ3v) is 14.4. The van der Waals surface area contributed by atoms with Crippen molar-refractivity contribution in [2.45, 2.75) is 71.0 Å². The number of halogens is 19. The van der Waals surface area contributed by atoms with Crippen molar-refractivity contribution in [3.8, 4) is 0 Å². The number of benzene rings is 3. The highest BCUT2D eigenvalue weighted by atomic mass is 35.5. The summed E-state index contributed by atoms with van der Waals surface area (Å²) in [5.74, 6) is -32.9. The van der Waals surface area contributed by atoms with E-state index < -0.39 is 106 Å². The van der Waals surface area contributed by atoms with E-state index in [1.807, 2.05) is 0 Å². The van der Waals surface area contributed by atoms with E-state index in [1.165, 1.54) is 0 Å². The molecule has 3 aromatic carbocycles. The maximum absolute atomic E-state index is 15.4. The van der Waals surface area contributed by atoms with Crippen molar-refractivity contribution in [1.82, 2.24) is 0 Å². The Kier molecular flexibility index (Phi) is 10.8. The Labute approximate surface area is 290 Å². The molecule has 0 fully saturated rings. The molecule has 5 nitrogen and oxygen atoms in total. The van der Waals surface area contributed by atoms with Crippen LogP contribution in [0.5, 0.6) is 0 Å². The highest BCUT2D eigenvalue weighted by Crippen LogP contribution is 2.60. The van der Waals surface area contributed by atoms with Gasteiger partial charge in [0.2, 0.25) is 0 Å². The first-order valence-corrected chi connectivity index (χ1v) is 17.8. The van der Waals surface area contributed by atoms with Crippen LogP contribution in [0.25, 0.3) is 0 Å². The van der Waals surface area contributed by atoms with Crippen LogP contribution in [-0.4, -0.2) is 63.4 Å². The molecule has 296 valence electrons. The number of rotatable bonds is 11. The summed E-state index contributed by atoms with van der Waals surface area (Å²) in [6.45, 7) is 0. The average Bonchev–Trinajstić information content (AvgIpc) is 3.03. The maximum atomic E-state index is 15.4. The van der Waals surface area contributed by atoms with Gasteiger partial charge in [-0.2, -0.15) is 79.0 Å². The zero-order chi connectivity index (χ0) is 41.4. The molecule has 0 saturated heterocycles. The monoisotopic (exact) mass is 876 g/mol. The van der Waals surface area contributed by atoms with Gasteiger partial charge in [0.1, 0.15) is 19.6 Å². The molecule has 0 aliphatic heterocycles. The minimum atomic E-state index is -8.69. The highest BCUT2D eigenvalue weighted by molar-refractivity contribution is 8.05. The molecule has 0 aliphatic carbocycles. The molecule has 0 spiro atoms. The fraction of sp³-hybridized carbons (Fsp3) is 0.308. The zero-order valence-electron chi connectivity index (χ0n) is 24.5. The van der Waals surface area contributed by atoms with Crippen LogP contribution in [0.1, 0.15) is 0 Å². The van der Waals surface area contributed by atoms with Gasteiger partial charge >= 0.3 is 46.6 Å². The van der Waals surface area contributed by atoms with Gasteiger partial charge < -0.3 is 0 Å². The number of sulfone groups is 2. The normalized spacial score (nSPS) is 15.1. The van der Waals surface area contributed by atoms with Gasteiger partial charge in [0, 0.05) is 0 Å². The van der Waals surface area contributed by atoms with Crippen LogP contribution in [0, 0.1) is 4.78 Å². The standard InChI is InChI=1S/C26H13ClF18NO4S3/c27-15-11-12-16(51(46,13-7-3-1-4-8-13)14-9-5-2-6-10-14)18(53(49,50)26(44,45)22(34,35)20(30,31)24(39,40)41)17(15)52(47,48)25(42,43)21(32,33)19(28,29)23(36,37)38/h1-12,46H/q+1. The molecule has 0 atom stereocenters. The summed E-state index contributed by atoms with van der Waals surface area (Å²) in [6.07, 6.45) is -15.6. The smallest absolute Gasteiger partial charge is 0.217 e. The second-order valence-electron chi connectivity index (χ2n) is 10.3. The van der Waals surface area contributed by atoms with E-state index in [2.05, 4.69) is 0 Å². The number of nitrogens with one attached hydrogen (secondary N) is 1. The first kappa shape index (κ1) is 44.1. The summed E-state index contributed by atoms with van der Waals surface area (Å²) in [7, 11) is -22.2. The molecule has 1 N–H and O–H groups in total. The second kappa shape index (κ2) is 12.9. The Morgan fingerprint density at radius 2 is 0.755 bits per heavy atom. The van der Waals surface area contributed by atoms with Gasteiger partial charge in [-0.05, 0) is 36.4 Å². The molecule has 0 radical (unpaired) electrons. The van der Waals surface area contributed by atoms with Crippen molar-refractivity contribution in [3.63, 3.8) is 0 Å². The number of hydrogen-bond donors (Lipinski definition) is 1. The topological polar surface area (TPSA) is 92.1 Å². The molecular weight excluding hydrogens is 864 g/mol. The van der Waals surface area contributed by atoms with Gasteiger partial charge in [-0.15, -0.1) is 4.78 Å². The van der Waals surface area contributed by atoms with Crippen LogP contribution in [-0.2, 0) is 29.5 Å². The quantitative estimate of drug-likeness (QED) is 0.153. The van der Waals surface area contributed by atoms with Gasteiger partial charge in [-0.1, -0.05) is 48.0 Å². The van der Waals surface area contributed by atoms with E-state index in [0.29, 0.717) is 0 Å². The number of alkyl halides is 18. The minimum absolute atomic E-state index is 0.159. The van der Waals surface area contributed by atoms with E-state index in [-0.39, 0.29) is 12.1 Å². The molecule has 27 heteroatoms. The van der Waals surface area contributed by atoms with Crippen molar-refractivity contribution in [1.29, 1.82) is 4.78 Å². The van der Waals surface area contributed by atoms with E-state index in [1.54, 1.807) is 0 Å². The molecule has 0 amide bonds. The maximum Gasteiger partial charge on any atom is 0.460 e. The van der Waals surface area contributed by atoms with Gasteiger partial charge in [-0.25, -0.2) is 16.8 Å². The fourth-order valence-electron chi connectivity index (χ4n) is 4.22. The van der Waals surface area contributed by atoms with Crippen LogP contribution >= 0.6 is 11.6 Å². The Bertz CT molecular complexity index is 2100. The lowest BCUT2D eigenvalue weighted by Gasteiger charge is -2.35. The van der Waals surface area contributed by atoms with E-state index >= 15 is 17.6 Å². The molecule has 0 bridgehead atoms. The molecule has 0 aliphatic rings. The van der Waals surface area contributed by atoms with Gasteiger partial charge in [0.25, 0.3) is 19.7 Å². The molecule has 3 aromatic rings. The highest BCUT2D eigenvalue weighted by Gasteiger charge is 2.87. The van der Waals surface area contributed by atoms with E-state index in [4.69, 9.17) is 11.6 Å². The number of hydrogen-bond acceptors (Lipinski definition) is 5. The van der Waals surface area contributed by atoms with Crippen LogP contribution in [0.3, 0.4) is 0 Å². The minimum Gasteiger partial charge on any atom is -0.217 e. The third-order valence-electron chi connectivity index (χ3n) is 7.00. The first-order chi connectivity index (χ1) is 23.5. The summed E-state index contributed by atoms with van der Waals surface area (Å²) in [4.78, 5) is -11.1. The largest absolute Gasteiger partial charge is 0.460 e. The Morgan fingerprint density at radius 1 is 0.453 bits per heavy atom. The van der Waals surface area contributed by atoms with E-state index in [0.717, 1.165) is 60.7 Å². The average molecular weight is 877 g/mol.